The van der Waals surface area contributed by atoms with Crippen molar-refractivity contribution in [2.24, 2.45) is 5.73 Å². The van der Waals surface area contributed by atoms with Crippen LogP contribution < -0.4 is 5.73 Å². The standard InChI is InChI=1S/C12H16N2O2/c13-10-3-1-7-14(9-10)12(15)6-5-11-4-2-8-16-11/h2,4-6,8,10H,1,3,7,9,13H2. The van der Waals surface area contributed by atoms with E-state index in [0.717, 1.165) is 19.4 Å². The summed E-state index contributed by atoms with van der Waals surface area (Å²) in [6.45, 7) is 1.45. The molecule has 0 aliphatic carbocycles. The maximum Gasteiger partial charge on any atom is 0.246 e. The van der Waals surface area contributed by atoms with Crippen LogP contribution in [0.3, 0.4) is 0 Å². The number of piperidine rings is 1. The van der Waals surface area contributed by atoms with E-state index in [1.807, 2.05) is 6.07 Å². The number of likely N-dealkylation sites (tertiary alicyclic amines) is 1. The molecule has 2 N–H and O–H groups in total. The average molecular weight is 220 g/mol. The van der Waals surface area contributed by atoms with Crippen molar-refractivity contribution < 1.29 is 9.21 Å². The Kier molecular flexibility index (Phi) is 3.41. The van der Waals surface area contributed by atoms with Crippen molar-refractivity contribution in [2.75, 3.05) is 13.1 Å². The van der Waals surface area contributed by atoms with Crippen molar-refractivity contribution in [1.82, 2.24) is 4.90 Å². The van der Waals surface area contributed by atoms with Gasteiger partial charge in [0, 0.05) is 25.2 Å². The van der Waals surface area contributed by atoms with Crippen LogP contribution in [0.5, 0.6) is 0 Å². The van der Waals surface area contributed by atoms with E-state index in [1.165, 1.54) is 6.08 Å². The Morgan fingerprint density at radius 1 is 1.62 bits per heavy atom. The Morgan fingerprint density at radius 3 is 3.19 bits per heavy atom. The SMILES string of the molecule is NC1CCCN(C(=O)C=Cc2ccco2)C1. The lowest BCUT2D eigenvalue weighted by Crippen LogP contribution is -2.45. The number of nitrogens with two attached hydrogens (primary N) is 1. The molecule has 1 atom stereocenters. The van der Waals surface area contributed by atoms with E-state index in [2.05, 4.69) is 0 Å². The molecule has 2 heterocycles. The Morgan fingerprint density at radius 2 is 2.50 bits per heavy atom. The molecule has 1 aromatic heterocycles. The van der Waals surface area contributed by atoms with Gasteiger partial charge < -0.3 is 15.1 Å². The lowest BCUT2D eigenvalue weighted by molar-refractivity contribution is -0.127. The first-order valence-electron chi connectivity index (χ1n) is 5.52. The predicted molar refractivity (Wildman–Crippen MR) is 61.5 cm³/mol. The number of furan rings is 1. The third-order valence-electron chi connectivity index (χ3n) is 2.70. The number of amides is 1. The molecule has 86 valence electrons. The molecule has 1 aliphatic heterocycles. The first kappa shape index (κ1) is 11.0. The number of rotatable bonds is 2. The highest BCUT2D eigenvalue weighted by molar-refractivity contribution is 5.91. The molecule has 1 fully saturated rings. The summed E-state index contributed by atoms with van der Waals surface area (Å²) in [4.78, 5) is 13.6. The van der Waals surface area contributed by atoms with E-state index in [-0.39, 0.29) is 11.9 Å². The number of carbonyl (C=O) groups excluding carboxylic acids is 1. The van der Waals surface area contributed by atoms with Crippen LogP contribution in [0.1, 0.15) is 18.6 Å². The van der Waals surface area contributed by atoms with E-state index < -0.39 is 0 Å². The quantitative estimate of drug-likeness (QED) is 0.763. The zero-order valence-electron chi connectivity index (χ0n) is 9.13. The fraction of sp³-hybridized carbons (Fsp3) is 0.417. The van der Waals surface area contributed by atoms with Gasteiger partial charge in [0.25, 0.3) is 0 Å². The summed E-state index contributed by atoms with van der Waals surface area (Å²) in [7, 11) is 0. The maximum atomic E-state index is 11.8. The summed E-state index contributed by atoms with van der Waals surface area (Å²) in [5, 5.41) is 0. The average Bonchev–Trinajstić information content (AvgIpc) is 2.78. The highest BCUT2D eigenvalue weighted by Gasteiger charge is 2.19. The molecule has 0 aromatic carbocycles. The van der Waals surface area contributed by atoms with Gasteiger partial charge in [-0.2, -0.15) is 0 Å². The second kappa shape index (κ2) is 4.99. The van der Waals surface area contributed by atoms with Gasteiger partial charge in [0.15, 0.2) is 0 Å². The van der Waals surface area contributed by atoms with Crippen molar-refractivity contribution in [2.45, 2.75) is 18.9 Å². The maximum absolute atomic E-state index is 11.8. The van der Waals surface area contributed by atoms with Crippen molar-refractivity contribution in [3.05, 3.63) is 30.2 Å². The molecule has 4 heteroatoms. The van der Waals surface area contributed by atoms with Crippen LogP contribution in [-0.4, -0.2) is 29.9 Å². The molecule has 1 aliphatic rings. The van der Waals surface area contributed by atoms with Crippen molar-refractivity contribution >= 4 is 12.0 Å². The molecule has 1 amide bonds. The highest BCUT2D eigenvalue weighted by Crippen LogP contribution is 2.09. The Hall–Kier alpha value is -1.55. The van der Waals surface area contributed by atoms with Crippen LogP contribution in [0.15, 0.2) is 28.9 Å². The monoisotopic (exact) mass is 220 g/mol. The van der Waals surface area contributed by atoms with Gasteiger partial charge in [-0.1, -0.05) is 0 Å². The van der Waals surface area contributed by atoms with Crippen LogP contribution in [0.2, 0.25) is 0 Å². The number of nitrogens with zero attached hydrogens (tertiary/aromatic N) is 1. The summed E-state index contributed by atoms with van der Waals surface area (Å²) in [6.07, 6.45) is 6.80. The van der Waals surface area contributed by atoms with E-state index in [1.54, 1.807) is 23.3 Å². The second-order valence-electron chi connectivity index (χ2n) is 4.04. The molecule has 4 nitrogen and oxygen atoms in total. The lowest BCUT2D eigenvalue weighted by Gasteiger charge is -2.29. The predicted octanol–water partition coefficient (Wildman–Crippen LogP) is 1.24. The molecule has 16 heavy (non-hydrogen) atoms. The van der Waals surface area contributed by atoms with E-state index in [0.29, 0.717) is 12.3 Å². The Bertz CT molecular complexity index is 370. The normalized spacial score (nSPS) is 21.6. The fourth-order valence-electron chi connectivity index (χ4n) is 1.86. The van der Waals surface area contributed by atoms with Gasteiger partial charge in [0.2, 0.25) is 5.91 Å². The molecule has 0 radical (unpaired) electrons. The summed E-state index contributed by atoms with van der Waals surface area (Å²) in [5.41, 5.74) is 5.82. The topological polar surface area (TPSA) is 59.5 Å². The zero-order chi connectivity index (χ0) is 11.4. The number of hydrogen-bond donors (Lipinski definition) is 1. The minimum Gasteiger partial charge on any atom is -0.465 e. The van der Waals surface area contributed by atoms with Gasteiger partial charge in [-0.05, 0) is 31.1 Å². The summed E-state index contributed by atoms with van der Waals surface area (Å²) in [6, 6.07) is 3.72. The lowest BCUT2D eigenvalue weighted by atomic mass is 10.1. The molecule has 0 saturated carbocycles. The van der Waals surface area contributed by atoms with Crippen LogP contribution in [0, 0.1) is 0 Å². The number of carbonyl (C=O) groups is 1. The minimum atomic E-state index is 0.00606. The summed E-state index contributed by atoms with van der Waals surface area (Å²) < 4.78 is 5.11. The first-order valence-corrected chi connectivity index (χ1v) is 5.52. The van der Waals surface area contributed by atoms with Gasteiger partial charge >= 0.3 is 0 Å². The number of hydrogen-bond acceptors (Lipinski definition) is 3. The van der Waals surface area contributed by atoms with Crippen molar-refractivity contribution in [3.8, 4) is 0 Å². The second-order valence-corrected chi connectivity index (χ2v) is 4.04. The van der Waals surface area contributed by atoms with Gasteiger partial charge in [-0.3, -0.25) is 4.79 Å². The molecule has 1 aromatic rings. The van der Waals surface area contributed by atoms with Gasteiger partial charge in [0.1, 0.15) is 5.76 Å². The largest absolute Gasteiger partial charge is 0.465 e. The van der Waals surface area contributed by atoms with E-state index >= 15 is 0 Å². The fourth-order valence-corrected chi connectivity index (χ4v) is 1.86. The molecule has 0 spiro atoms. The van der Waals surface area contributed by atoms with Crippen LogP contribution in [-0.2, 0) is 4.79 Å². The molecule has 1 saturated heterocycles. The summed E-state index contributed by atoms with van der Waals surface area (Å²) >= 11 is 0. The molecule has 1 unspecified atom stereocenters. The van der Waals surface area contributed by atoms with Crippen molar-refractivity contribution in [3.63, 3.8) is 0 Å². The van der Waals surface area contributed by atoms with E-state index in [4.69, 9.17) is 10.2 Å². The van der Waals surface area contributed by atoms with Gasteiger partial charge in [-0.15, -0.1) is 0 Å². The van der Waals surface area contributed by atoms with Crippen LogP contribution in [0.4, 0.5) is 0 Å². The van der Waals surface area contributed by atoms with E-state index in [9.17, 15) is 4.79 Å². The Labute approximate surface area is 94.7 Å². The third kappa shape index (κ3) is 2.73. The first-order chi connectivity index (χ1) is 7.75. The van der Waals surface area contributed by atoms with Crippen LogP contribution in [0.25, 0.3) is 6.08 Å². The minimum absolute atomic E-state index is 0.00606. The van der Waals surface area contributed by atoms with Gasteiger partial charge in [-0.25, -0.2) is 0 Å². The zero-order valence-corrected chi connectivity index (χ0v) is 9.13. The Balaban J connectivity index is 1.92. The van der Waals surface area contributed by atoms with Crippen molar-refractivity contribution in [1.29, 1.82) is 0 Å². The summed E-state index contributed by atoms with van der Waals surface area (Å²) in [5.74, 6) is 0.696. The smallest absolute Gasteiger partial charge is 0.246 e. The van der Waals surface area contributed by atoms with Gasteiger partial charge in [0.05, 0.1) is 6.26 Å². The molecule has 2 rings (SSSR count). The molecular weight excluding hydrogens is 204 g/mol. The van der Waals surface area contributed by atoms with Crippen LogP contribution >= 0.6 is 0 Å². The third-order valence-corrected chi connectivity index (χ3v) is 2.70. The molecular formula is C12H16N2O2. The molecule has 0 bridgehead atoms. The highest BCUT2D eigenvalue weighted by atomic mass is 16.3.